The van der Waals surface area contributed by atoms with Crippen molar-refractivity contribution >= 4 is 58.4 Å². The van der Waals surface area contributed by atoms with Crippen molar-refractivity contribution in [2.24, 2.45) is 0 Å². The van der Waals surface area contributed by atoms with Crippen molar-refractivity contribution in [3.8, 4) is 0 Å². The van der Waals surface area contributed by atoms with Gasteiger partial charge in [0.05, 0.1) is 11.2 Å². The number of carbonyl (C=O) groups is 5. The lowest BCUT2D eigenvalue weighted by Crippen LogP contribution is -2.71. The molecular weight excluding hydrogens is 810 g/mol. The van der Waals surface area contributed by atoms with E-state index in [1.54, 1.807) is 36.3 Å². The number of carboxylic acid groups (broad SMARTS) is 1. The maximum absolute atomic E-state index is 15.6. The van der Waals surface area contributed by atoms with Crippen molar-refractivity contribution in [1.82, 2.24) is 19.7 Å². The predicted octanol–water partition coefficient (Wildman–Crippen LogP) is 5.83. The van der Waals surface area contributed by atoms with Crippen molar-refractivity contribution in [3.05, 3.63) is 123 Å². The van der Waals surface area contributed by atoms with Crippen LogP contribution in [0, 0.1) is 5.82 Å². The van der Waals surface area contributed by atoms with E-state index >= 15 is 4.39 Å². The molecule has 3 amide bonds. The first kappa shape index (κ1) is 41.4. The minimum Gasteiger partial charge on any atom is -0.477 e. The Bertz CT molecular complexity index is 2460. The van der Waals surface area contributed by atoms with Crippen LogP contribution in [-0.4, -0.2) is 105 Å². The summed E-state index contributed by atoms with van der Waals surface area (Å²) in [7, 11) is 0. The van der Waals surface area contributed by atoms with Crippen molar-refractivity contribution < 1.29 is 47.7 Å². The molecule has 3 aliphatic heterocycles. The Labute approximate surface area is 354 Å². The van der Waals surface area contributed by atoms with Crippen LogP contribution in [0.5, 0.6) is 0 Å². The zero-order valence-corrected chi connectivity index (χ0v) is 34.5. The molecule has 0 bridgehead atoms. The van der Waals surface area contributed by atoms with Gasteiger partial charge in [0.15, 0.2) is 6.10 Å². The number of esters is 1. The number of β-lactam (4-membered cyclic amide) rings is 1. The number of nitrogens with one attached hydrogen (secondary N) is 1. The molecular formula is C44H44FN5O10S. The first-order chi connectivity index (χ1) is 29.2. The molecule has 8 rings (SSSR count). The minimum atomic E-state index is -1.37. The number of benzene rings is 3. The molecule has 1 saturated carbocycles. The molecule has 4 aromatic rings. The van der Waals surface area contributed by atoms with Crippen molar-refractivity contribution in [2.45, 2.75) is 62.8 Å². The quantitative estimate of drug-likeness (QED) is 0.111. The Kier molecular flexibility index (Phi) is 11.3. The van der Waals surface area contributed by atoms with Crippen molar-refractivity contribution in [3.63, 3.8) is 0 Å². The molecule has 4 heterocycles. The van der Waals surface area contributed by atoms with Gasteiger partial charge in [-0.1, -0.05) is 60.7 Å². The van der Waals surface area contributed by atoms with Crippen LogP contribution in [0.3, 0.4) is 0 Å². The molecule has 318 valence electrons. The summed E-state index contributed by atoms with van der Waals surface area (Å²) in [5, 5.41) is 11.6. The fourth-order valence-electron chi connectivity index (χ4n) is 7.74. The molecule has 0 radical (unpaired) electrons. The number of carbonyl (C=O) groups excluding carboxylic acids is 4. The number of hydrogen-bond donors (Lipinski definition) is 2. The Hall–Kier alpha value is -6.36. The van der Waals surface area contributed by atoms with Gasteiger partial charge in [-0.25, -0.2) is 23.6 Å². The number of alkyl carbamates (subject to hydrolysis) is 1. The molecule has 2 saturated heterocycles. The molecule has 61 heavy (non-hydrogen) atoms. The van der Waals surface area contributed by atoms with E-state index in [0.717, 1.165) is 18.9 Å². The fraction of sp³-hybridized carbons (Fsp3) is 0.364. The Morgan fingerprint density at radius 3 is 2.16 bits per heavy atom. The summed E-state index contributed by atoms with van der Waals surface area (Å²) in [6.45, 7) is 5.55. The summed E-state index contributed by atoms with van der Waals surface area (Å²) < 4.78 is 34.7. The van der Waals surface area contributed by atoms with Crippen LogP contribution < -0.4 is 15.6 Å². The van der Waals surface area contributed by atoms with Crippen molar-refractivity contribution in [1.29, 1.82) is 0 Å². The summed E-state index contributed by atoms with van der Waals surface area (Å²) in [6.07, 6.45) is 0.660. The summed E-state index contributed by atoms with van der Waals surface area (Å²) in [5.41, 5.74) is 0.365. The second-order valence-corrected chi connectivity index (χ2v) is 17.4. The molecule has 0 spiro atoms. The second kappa shape index (κ2) is 16.6. The number of amides is 3. The van der Waals surface area contributed by atoms with Crippen LogP contribution in [0.2, 0.25) is 0 Å². The van der Waals surface area contributed by atoms with Crippen LogP contribution >= 0.6 is 11.8 Å². The molecule has 4 aliphatic rings. The highest BCUT2D eigenvalue weighted by Crippen LogP contribution is 2.42. The molecule has 17 heteroatoms. The second-order valence-electron chi connectivity index (χ2n) is 16.3. The average molecular weight is 854 g/mol. The van der Waals surface area contributed by atoms with Gasteiger partial charge in [0, 0.05) is 55.1 Å². The molecule has 3 aromatic carbocycles. The number of ether oxygens (including phenoxy) is 3. The van der Waals surface area contributed by atoms with Gasteiger partial charge in [-0.05, 0) is 56.9 Å². The standard InChI is InChI=1S/C44H44FN5O10S/c1-44(2,3)60-42(56)46-34-38(52)50-35(41(55)59-37(25-10-6-4-7-11-25)26-12-8-5-9-13-26)27(24-61-39(34)50)23-58-43(57)48-18-16-47(17-19-48)33-21-32-29(20-31(33)45)36(51)30(40(53)54)22-49(32)28-14-15-28/h4-13,20-22,28,34,37,39H,14-19,23-24H2,1-3H3,(H,46,56)(H,53,54)/t34-,39-/m1/s1. The topological polar surface area (TPSA) is 177 Å². The normalized spacial score (nSPS) is 19.0. The third-order valence-electron chi connectivity index (χ3n) is 10.9. The lowest BCUT2D eigenvalue weighted by Gasteiger charge is -2.49. The number of halogens is 1. The largest absolute Gasteiger partial charge is 0.477 e. The number of aromatic nitrogens is 1. The van der Waals surface area contributed by atoms with Crippen LogP contribution in [0.1, 0.15) is 67.2 Å². The number of anilines is 1. The predicted molar refractivity (Wildman–Crippen MR) is 223 cm³/mol. The van der Waals surface area contributed by atoms with Crippen LogP contribution in [0.15, 0.2) is 95.1 Å². The SMILES string of the molecule is CC(C)(C)OC(=O)N[C@@H]1C(=O)N2C(C(=O)OC(c3ccccc3)c3ccccc3)=C(COC(=O)N3CCN(c4cc5c(cc4F)c(=O)c(C(=O)O)cn5C4CC4)CC3)CS[C@H]12. The molecule has 1 aromatic heterocycles. The molecule has 15 nitrogen and oxygen atoms in total. The lowest BCUT2D eigenvalue weighted by molar-refractivity contribution is -0.153. The average Bonchev–Trinajstić information content (AvgIpc) is 4.09. The van der Waals surface area contributed by atoms with E-state index in [1.165, 1.54) is 27.8 Å². The molecule has 1 aliphatic carbocycles. The third-order valence-corrected chi connectivity index (χ3v) is 12.2. The monoisotopic (exact) mass is 853 g/mol. The number of pyridine rings is 1. The van der Waals surface area contributed by atoms with E-state index in [2.05, 4.69) is 5.32 Å². The number of rotatable bonds is 10. The maximum Gasteiger partial charge on any atom is 0.410 e. The number of piperazine rings is 1. The number of fused-ring (bicyclic) bond motifs is 2. The van der Waals surface area contributed by atoms with Gasteiger partial charge >= 0.3 is 24.1 Å². The van der Waals surface area contributed by atoms with Gasteiger partial charge in [-0.15, -0.1) is 11.8 Å². The smallest absolute Gasteiger partial charge is 0.410 e. The number of hydrogen-bond acceptors (Lipinski definition) is 11. The first-order valence-corrected chi connectivity index (χ1v) is 21.0. The molecule has 0 unspecified atom stereocenters. The van der Waals surface area contributed by atoms with E-state index in [-0.39, 0.29) is 61.4 Å². The van der Waals surface area contributed by atoms with Gasteiger partial charge < -0.3 is 39.0 Å². The minimum absolute atomic E-state index is 0.00887. The highest BCUT2D eigenvalue weighted by atomic mass is 32.2. The van der Waals surface area contributed by atoms with Crippen LogP contribution in [-0.2, 0) is 23.8 Å². The Morgan fingerprint density at radius 1 is 0.934 bits per heavy atom. The molecule has 2 N–H and O–H groups in total. The zero-order chi connectivity index (χ0) is 43.2. The van der Waals surface area contributed by atoms with Gasteiger partial charge in [0.25, 0.3) is 5.91 Å². The summed E-state index contributed by atoms with van der Waals surface area (Å²) in [6, 6.07) is 20.0. The Balaban J connectivity index is 0.996. The van der Waals surface area contributed by atoms with E-state index in [4.69, 9.17) is 14.2 Å². The summed E-state index contributed by atoms with van der Waals surface area (Å²) >= 11 is 1.29. The fourth-order valence-corrected chi connectivity index (χ4v) is 9.07. The highest BCUT2D eigenvalue weighted by molar-refractivity contribution is 8.00. The van der Waals surface area contributed by atoms with Crippen LogP contribution in [0.4, 0.5) is 19.7 Å². The van der Waals surface area contributed by atoms with E-state index in [9.17, 15) is 33.9 Å². The third kappa shape index (κ3) is 8.51. The maximum atomic E-state index is 15.6. The molecule has 3 fully saturated rings. The van der Waals surface area contributed by atoms with Gasteiger partial charge in [0.1, 0.15) is 40.7 Å². The number of carboxylic acids is 1. The van der Waals surface area contributed by atoms with E-state index in [1.807, 2.05) is 60.7 Å². The number of thioether (sulfide) groups is 1. The highest BCUT2D eigenvalue weighted by Gasteiger charge is 2.55. The summed E-state index contributed by atoms with van der Waals surface area (Å²) in [5.74, 6) is -3.24. The van der Waals surface area contributed by atoms with Gasteiger partial charge in [-0.3, -0.25) is 14.5 Å². The van der Waals surface area contributed by atoms with E-state index < -0.39 is 70.0 Å². The van der Waals surface area contributed by atoms with Crippen molar-refractivity contribution in [2.75, 3.05) is 43.4 Å². The number of nitrogens with zero attached hydrogens (tertiary/aromatic N) is 4. The zero-order valence-electron chi connectivity index (χ0n) is 33.7. The van der Waals surface area contributed by atoms with E-state index in [0.29, 0.717) is 22.2 Å². The first-order valence-electron chi connectivity index (χ1n) is 19.9. The summed E-state index contributed by atoms with van der Waals surface area (Å²) in [4.78, 5) is 83.5. The molecule has 2 atom stereocenters. The lowest BCUT2D eigenvalue weighted by atomic mass is 10.0. The number of aromatic carboxylic acids is 1. The van der Waals surface area contributed by atoms with Gasteiger partial charge in [-0.2, -0.15) is 0 Å². The Morgan fingerprint density at radius 2 is 1.57 bits per heavy atom. The van der Waals surface area contributed by atoms with Gasteiger partial charge in [0.2, 0.25) is 5.43 Å². The van der Waals surface area contributed by atoms with Crippen LogP contribution in [0.25, 0.3) is 10.9 Å².